The number of pyridine rings is 1. The molecule has 0 unspecified atom stereocenters. The lowest BCUT2D eigenvalue weighted by molar-refractivity contribution is 0.0747. The molecule has 2 aromatic heterocycles. The van der Waals surface area contributed by atoms with Gasteiger partial charge in [0.15, 0.2) is 5.13 Å². The summed E-state index contributed by atoms with van der Waals surface area (Å²) >= 11 is 14.1. The van der Waals surface area contributed by atoms with E-state index in [4.69, 9.17) is 33.2 Å². The predicted molar refractivity (Wildman–Crippen MR) is 132 cm³/mol. The van der Waals surface area contributed by atoms with Crippen molar-refractivity contribution in [3.8, 4) is 0 Å². The molecule has 6 rings (SSSR count). The molecule has 3 heterocycles. The van der Waals surface area contributed by atoms with E-state index >= 15 is 0 Å². The van der Waals surface area contributed by atoms with Crippen LogP contribution < -0.4 is 4.90 Å². The van der Waals surface area contributed by atoms with Crippen LogP contribution in [0.25, 0.3) is 21.1 Å². The van der Waals surface area contributed by atoms with Crippen LogP contribution in [-0.2, 0) is 12.8 Å². The van der Waals surface area contributed by atoms with Crippen LogP contribution in [0.2, 0.25) is 10.0 Å². The molecule has 1 saturated heterocycles. The Morgan fingerprint density at radius 1 is 0.906 bits per heavy atom. The minimum atomic E-state index is 0.0912. The second-order valence-electron chi connectivity index (χ2n) is 8.31. The zero-order valence-electron chi connectivity index (χ0n) is 17.3. The normalized spacial score (nSPS) is 16.2. The molecule has 8 heteroatoms. The van der Waals surface area contributed by atoms with Crippen molar-refractivity contribution in [3.63, 3.8) is 0 Å². The third kappa shape index (κ3) is 3.41. The Bertz CT molecular complexity index is 1380. The lowest BCUT2D eigenvalue weighted by Gasteiger charge is -2.35. The van der Waals surface area contributed by atoms with Gasteiger partial charge in [0.05, 0.1) is 21.3 Å². The molecule has 0 spiro atoms. The second kappa shape index (κ2) is 7.87. The van der Waals surface area contributed by atoms with Gasteiger partial charge >= 0.3 is 0 Å². The van der Waals surface area contributed by atoms with Crippen molar-refractivity contribution in [2.45, 2.75) is 19.3 Å². The number of carbonyl (C=O) groups is 1. The van der Waals surface area contributed by atoms with E-state index in [0.717, 1.165) is 80.4 Å². The number of nitrogens with zero attached hydrogens (tertiary/aromatic N) is 4. The highest BCUT2D eigenvalue weighted by atomic mass is 35.5. The van der Waals surface area contributed by atoms with Gasteiger partial charge in [-0.2, -0.15) is 0 Å². The largest absolute Gasteiger partial charge is 0.345 e. The number of aryl methyl sites for hydroxylation is 1. The summed E-state index contributed by atoms with van der Waals surface area (Å²) in [6, 6.07) is 11.4. The minimum Gasteiger partial charge on any atom is -0.345 e. The average Bonchev–Trinajstić information content (AvgIpc) is 3.43. The van der Waals surface area contributed by atoms with Gasteiger partial charge in [-0.05, 0) is 61.2 Å². The van der Waals surface area contributed by atoms with E-state index in [9.17, 15) is 4.79 Å². The molecule has 0 atom stereocenters. The summed E-state index contributed by atoms with van der Waals surface area (Å²) in [5.41, 5.74) is 4.78. The highest BCUT2D eigenvalue weighted by Crippen LogP contribution is 2.34. The zero-order valence-corrected chi connectivity index (χ0v) is 19.6. The van der Waals surface area contributed by atoms with E-state index < -0.39 is 0 Å². The molecule has 0 bridgehead atoms. The SMILES string of the molecule is O=C(c1c2c(nc3ccc(Cl)cc13)CCC2)N1CCN(c2nc3ccc(Cl)cc3s2)CC1. The highest BCUT2D eigenvalue weighted by molar-refractivity contribution is 7.22. The topological polar surface area (TPSA) is 49.3 Å². The highest BCUT2D eigenvalue weighted by Gasteiger charge is 2.29. The van der Waals surface area contributed by atoms with Crippen LogP contribution >= 0.6 is 34.5 Å². The van der Waals surface area contributed by atoms with Crippen LogP contribution in [0.15, 0.2) is 36.4 Å². The summed E-state index contributed by atoms with van der Waals surface area (Å²) in [4.78, 5) is 27.5. The van der Waals surface area contributed by atoms with Gasteiger partial charge in [0.2, 0.25) is 0 Å². The number of benzene rings is 2. The van der Waals surface area contributed by atoms with Crippen molar-refractivity contribution < 1.29 is 4.79 Å². The van der Waals surface area contributed by atoms with Crippen molar-refractivity contribution in [2.24, 2.45) is 0 Å². The first-order chi connectivity index (χ1) is 15.6. The van der Waals surface area contributed by atoms with Gasteiger partial charge in [-0.25, -0.2) is 4.98 Å². The van der Waals surface area contributed by atoms with Gasteiger partial charge in [0, 0.05) is 47.3 Å². The Kier molecular flexibility index (Phi) is 4.97. The van der Waals surface area contributed by atoms with Gasteiger partial charge in [-0.15, -0.1) is 0 Å². The van der Waals surface area contributed by atoms with Crippen molar-refractivity contribution >= 4 is 66.7 Å². The van der Waals surface area contributed by atoms with Crippen molar-refractivity contribution in [2.75, 3.05) is 31.1 Å². The third-order valence-corrected chi connectivity index (χ3v) is 7.91. The number of hydrogen-bond acceptors (Lipinski definition) is 5. The van der Waals surface area contributed by atoms with Crippen LogP contribution in [0.3, 0.4) is 0 Å². The van der Waals surface area contributed by atoms with Crippen LogP contribution in [0, 0.1) is 0 Å². The lowest BCUT2D eigenvalue weighted by atomic mass is 9.99. The number of aromatic nitrogens is 2. The van der Waals surface area contributed by atoms with E-state index in [2.05, 4.69) is 4.90 Å². The molecule has 4 aromatic rings. The number of anilines is 1. The first-order valence-electron chi connectivity index (χ1n) is 10.8. The fraction of sp³-hybridized carbons (Fsp3) is 0.292. The monoisotopic (exact) mass is 482 g/mol. The molecule has 1 amide bonds. The summed E-state index contributed by atoms with van der Waals surface area (Å²) < 4.78 is 1.08. The summed E-state index contributed by atoms with van der Waals surface area (Å²) in [6.07, 6.45) is 2.88. The maximum Gasteiger partial charge on any atom is 0.255 e. The maximum atomic E-state index is 13.7. The van der Waals surface area contributed by atoms with E-state index in [1.807, 2.05) is 41.3 Å². The first-order valence-corrected chi connectivity index (χ1v) is 12.4. The molecular weight excluding hydrogens is 463 g/mol. The van der Waals surface area contributed by atoms with Gasteiger partial charge in [-0.1, -0.05) is 34.5 Å². The van der Waals surface area contributed by atoms with E-state index in [0.29, 0.717) is 18.1 Å². The van der Waals surface area contributed by atoms with E-state index in [-0.39, 0.29) is 5.91 Å². The average molecular weight is 483 g/mol. The van der Waals surface area contributed by atoms with Gasteiger partial charge in [0.1, 0.15) is 0 Å². The third-order valence-electron chi connectivity index (χ3n) is 6.36. The molecule has 1 aliphatic carbocycles. The smallest absolute Gasteiger partial charge is 0.255 e. The van der Waals surface area contributed by atoms with Crippen molar-refractivity contribution in [3.05, 3.63) is 63.3 Å². The van der Waals surface area contributed by atoms with E-state index in [1.165, 1.54) is 0 Å². The van der Waals surface area contributed by atoms with Crippen molar-refractivity contribution in [1.29, 1.82) is 0 Å². The molecule has 0 N–H and O–H groups in total. The molecule has 2 aliphatic rings. The van der Waals surface area contributed by atoms with Gasteiger partial charge in [-0.3, -0.25) is 9.78 Å². The Balaban J connectivity index is 1.28. The molecule has 5 nitrogen and oxygen atoms in total. The maximum absolute atomic E-state index is 13.7. The summed E-state index contributed by atoms with van der Waals surface area (Å²) in [7, 11) is 0. The fourth-order valence-electron chi connectivity index (χ4n) is 4.76. The quantitative estimate of drug-likeness (QED) is 0.372. The molecule has 1 fully saturated rings. The number of fused-ring (bicyclic) bond motifs is 3. The summed E-state index contributed by atoms with van der Waals surface area (Å²) in [5.74, 6) is 0.0912. The number of thiazole rings is 1. The minimum absolute atomic E-state index is 0.0912. The van der Waals surface area contributed by atoms with E-state index in [1.54, 1.807) is 11.3 Å². The Hall–Kier alpha value is -2.41. The number of hydrogen-bond donors (Lipinski definition) is 0. The number of halogens is 2. The Labute approximate surface area is 199 Å². The van der Waals surface area contributed by atoms with Crippen LogP contribution in [0.1, 0.15) is 28.0 Å². The zero-order chi connectivity index (χ0) is 21.8. The molecular formula is C24H20Cl2N4OS. The molecule has 0 saturated carbocycles. The fourth-order valence-corrected chi connectivity index (χ4v) is 6.22. The van der Waals surface area contributed by atoms with Crippen molar-refractivity contribution in [1.82, 2.24) is 14.9 Å². The molecule has 1 aliphatic heterocycles. The van der Waals surface area contributed by atoms with Crippen LogP contribution in [-0.4, -0.2) is 47.0 Å². The first kappa shape index (κ1) is 20.2. The molecule has 2 aromatic carbocycles. The summed E-state index contributed by atoms with van der Waals surface area (Å²) in [6.45, 7) is 2.83. The number of piperazine rings is 1. The van der Waals surface area contributed by atoms with Crippen LogP contribution in [0.5, 0.6) is 0 Å². The number of carbonyl (C=O) groups excluding carboxylic acids is 1. The standard InChI is InChI=1S/C24H20Cl2N4OS/c25-14-4-6-19-17(12-14)22(16-2-1-3-18(16)27-19)23(31)29-8-10-30(11-9-29)24-28-20-7-5-15(26)13-21(20)32-24/h4-7,12-13H,1-3,8-11H2. The second-order valence-corrected chi connectivity index (χ2v) is 10.2. The van der Waals surface area contributed by atoms with Gasteiger partial charge < -0.3 is 9.80 Å². The predicted octanol–water partition coefficient (Wildman–Crippen LogP) is 5.60. The summed E-state index contributed by atoms with van der Waals surface area (Å²) in [5, 5.41) is 3.21. The lowest BCUT2D eigenvalue weighted by Crippen LogP contribution is -2.49. The van der Waals surface area contributed by atoms with Gasteiger partial charge in [0.25, 0.3) is 5.91 Å². The van der Waals surface area contributed by atoms with Crippen LogP contribution in [0.4, 0.5) is 5.13 Å². The molecule has 32 heavy (non-hydrogen) atoms. The molecule has 162 valence electrons. The number of rotatable bonds is 2. The number of amides is 1. The Morgan fingerprint density at radius 3 is 2.47 bits per heavy atom. The molecule has 0 radical (unpaired) electrons. The Morgan fingerprint density at radius 2 is 1.66 bits per heavy atom.